The van der Waals surface area contributed by atoms with Crippen LogP contribution in [-0.4, -0.2) is 11.7 Å². The first-order valence-electron chi connectivity index (χ1n) is 13.6. The summed E-state index contributed by atoms with van der Waals surface area (Å²) in [7, 11) is 0. The number of anilines is 2. The molecule has 0 aromatic heterocycles. The third kappa shape index (κ3) is 3.62. The molecule has 40 heavy (non-hydrogen) atoms. The van der Waals surface area contributed by atoms with Gasteiger partial charge >= 0.3 is 0 Å². The number of nitrogens with zero attached hydrogens (tertiary/aromatic N) is 3. The number of hydrogen-bond acceptors (Lipinski definition) is 5. The van der Waals surface area contributed by atoms with Gasteiger partial charge in [0.2, 0.25) is 0 Å². The Hall–Kier alpha value is -5.16. The van der Waals surface area contributed by atoms with E-state index < -0.39 is 0 Å². The molecule has 3 aliphatic heterocycles. The van der Waals surface area contributed by atoms with Crippen LogP contribution in [0.4, 0.5) is 11.4 Å². The second-order valence-corrected chi connectivity index (χ2v) is 10.2. The van der Waals surface area contributed by atoms with E-state index in [1.165, 1.54) is 11.3 Å². The van der Waals surface area contributed by atoms with Crippen LogP contribution in [0.25, 0.3) is 0 Å². The second-order valence-electron chi connectivity index (χ2n) is 10.2. The predicted molar refractivity (Wildman–Crippen MR) is 159 cm³/mol. The van der Waals surface area contributed by atoms with Gasteiger partial charge in [0.15, 0.2) is 12.3 Å². The minimum Gasteiger partial charge on any atom is -0.482 e. The number of para-hydroxylation sites is 3. The molecule has 0 radical (unpaired) electrons. The zero-order valence-corrected chi connectivity index (χ0v) is 21.7. The van der Waals surface area contributed by atoms with Crippen molar-refractivity contribution >= 4 is 23.0 Å². The van der Waals surface area contributed by atoms with Crippen LogP contribution in [0.15, 0.2) is 143 Å². The summed E-state index contributed by atoms with van der Waals surface area (Å²) >= 11 is 0. The summed E-state index contributed by atoms with van der Waals surface area (Å²) < 4.78 is 6.87. The highest BCUT2D eigenvalue weighted by molar-refractivity contribution is 6.17. The number of aliphatic imine (C=N–C) groups is 2. The highest BCUT2D eigenvalue weighted by atomic mass is 16.5. The van der Waals surface area contributed by atoms with E-state index in [1.54, 1.807) is 0 Å². The van der Waals surface area contributed by atoms with Gasteiger partial charge in [0, 0.05) is 28.1 Å². The van der Waals surface area contributed by atoms with Crippen molar-refractivity contribution in [2.45, 2.75) is 18.3 Å². The first-order chi connectivity index (χ1) is 19.8. The Kier molecular flexibility index (Phi) is 5.27. The Morgan fingerprint density at radius 2 is 1.25 bits per heavy atom. The van der Waals surface area contributed by atoms with Crippen molar-refractivity contribution in [1.82, 2.24) is 5.32 Å². The van der Waals surface area contributed by atoms with Gasteiger partial charge < -0.3 is 15.0 Å². The smallest absolute Gasteiger partial charge is 0.169 e. The Morgan fingerprint density at radius 1 is 0.600 bits per heavy atom. The monoisotopic (exact) mass is 518 g/mol. The molecule has 3 heterocycles. The van der Waals surface area contributed by atoms with Gasteiger partial charge in [-0.25, -0.2) is 9.98 Å². The van der Waals surface area contributed by atoms with Crippen molar-refractivity contribution in [3.8, 4) is 5.75 Å². The molecule has 3 aliphatic rings. The van der Waals surface area contributed by atoms with Gasteiger partial charge in [-0.2, -0.15) is 0 Å². The van der Waals surface area contributed by atoms with Crippen LogP contribution in [0.3, 0.4) is 0 Å². The number of ether oxygens (including phenoxy) is 1. The lowest BCUT2D eigenvalue weighted by Gasteiger charge is -2.27. The lowest BCUT2D eigenvalue weighted by Crippen LogP contribution is -2.36. The van der Waals surface area contributed by atoms with E-state index in [-0.39, 0.29) is 18.3 Å². The first kappa shape index (κ1) is 22.8. The highest BCUT2D eigenvalue weighted by Crippen LogP contribution is 2.59. The topological polar surface area (TPSA) is 49.2 Å². The molecule has 0 amide bonds. The third-order valence-corrected chi connectivity index (χ3v) is 7.85. The summed E-state index contributed by atoms with van der Waals surface area (Å²) in [6.07, 6.45) is -0.463. The zero-order valence-electron chi connectivity index (χ0n) is 21.7. The number of amidine groups is 2. The maximum Gasteiger partial charge on any atom is 0.169 e. The molecule has 5 aromatic rings. The minimum absolute atomic E-state index is 0.0334. The van der Waals surface area contributed by atoms with Crippen LogP contribution < -0.4 is 15.0 Å². The van der Waals surface area contributed by atoms with Crippen LogP contribution in [0.1, 0.15) is 46.1 Å². The van der Waals surface area contributed by atoms with E-state index in [0.29, 0.717) is 0 Å². The maximum atomic E-state index is 6.87. The Morgan fingerprint density at radius 3 is 2.05 bits per heavy atom. The molecule has 0 saturated carbocycles. The molecule has 5 nitrogen and oxygen atoms in total. The van der Waals surface area contributed by atoms with E-state index in [4.69, 9.17) is 14.7 Å². The standard InChI is InChI=1S/C35H26N4O/c1-4-13-23(14-5-1)33-36-34(24-15-6-2-7-16-24)38-35(37-33)28-21-12-20-27-30-32(40-31(27)28)26-19-10-11-22-29(26)39(30)25-17-8-3-9-18-25/h1-22,30,32-33H,(H,36,37,38). The SMILES string of the molecule is c1ccc(C2=NC(c3ccccc3)N=C(c3cccc4c3OC3c5ccccc5N(c5ccccc5)C43)N2)cc1. The molecule has 0 fully saturated rings. The number of nitrogens with one attached hydrogen (secondary N) is 1. The summed E-state index contributed by atoms with van der Waals surface area (Å²) in [5.74, 6) is 2.44. The molecule has 192 valence electrons. The van der Waals surface area contributed by atoms with Crippen LogP contribution in [0, 0.1) is 0 Å². The number of fused-ring (bicyclic) bond motifs is 5. The van der Waals surface area contributed by atoms with Crippen molar-refractivity contribution in [3.63, 3.8) is 0 Å². The van der Waals surface area contributed by atoms with Crippen molar-refractivity contribution in [2.75, 3.05) is 4.90 Å². The van der Waals surface area contributed by atoms with Crippen LogP contribution in [0.5, 0.6) is 5.75 Å². The molecule has 1 N–H and O–H groups in total. The molecular weight excluding hydrogens is 492 g/mol. The molecule has 0 aliphatic carbocycles. The fraction of sp³-hybridized carbons (Fsp3) is 0.0857. The van der Waals surface area contributed by atoms with E-state index in [1.807, 2.05) is 36.4 Å². The third-order valence-electron chi connectivity index (χ3n) is 7.85. The molecule has 3 unspecified atom stereocenters. The van der Waals surface area contributed by atoms with Crippen LogP contribution in [-0.2, 0) is 0 Å². The summed E-state index contributed by atoms with van der Waals surface area (Å²) in [4.78, 5) is 12.5. The number of benzene rings is 5. The lowest BCUT2D eigenvalue weighted by molar-refractivity contribution is 0.223. The molecule has 5 aromatic carbocycles. The highest BCUT2D eigenvalue weighted by Gasteiger charge is 2.48. The van der Waals surface area contributed by atoms with Crippen molar-refractivity contribution in [3.05, 3.63) is 161 Å². The van der Waals surface area contributed by atoms with Gasteiger partial charge in [0.1, 0.15) is 23.5 Å². The first-order valence-corrected chi connectivity index (χ1v) is 13.6. The fourth-order valence-electron chi connectivity index (χ4n) is 6.06. The summed E-state index contributed by atoms with van der Waals surface area (Å²) in [6.45, 7) is 0. The van der Waals surface area contributed by atoms with E-state index >= 15 is 0 Å². The molecule has 0 saturated heterocycles. The summed E-state index contributed by atoms with van der Waals surface area (Å²) in [5.41, 5.74) is 7.71. The average Bonchev–Trinajstić information content (AvgIpc) is 3.57. The van der Waals surface area contributed by atoms with Gasteiger partial charge in [-0.15, -0.1) is 0 Å². The maximum absolute atomic E-state index is 6.87. The van der Waals surface area contributed by atoms with Crippen LogP contribution >= 0.6 is 0 Å². The van der Waals surface area contributed by atoms with Gasteiger partial charge in [-0.05, 0) is 29.8 Å². The second kappa shape index (κ2) is 9.24. The zero-order chi connectivity index (χ0) is 26.5. The Labute approximate surface area is 233 Å². The lowest BCUT2D eigenvalue weighted by atomic mass is 9.99. The van der Waals surface area contributed by atoms with Gasteiger partial charge in [0.05, 0.1) is 5.56 Å². The van der Waals surface area contributed by atoms with Gasteiger partial charge in [0.25, 0.3) is 0 Å². The minimum atomic E-state index is -0.356. The number of hydrogen-bond donors (Lipinski definition) is 1. The quantitative estimate of drug-likeness (QED) is 0.268. The van der Waals surface area contributed by atoms with Gasteiger partial charge in [-0.3, -0.25) is 0 Å². The van der Waals surface area contributed by atoms with Crippen molar-refractivity contribution < 1.29 is 4.74 Å². The molecule has 0 spiro atoms. The summed E-state index contributed by atoms with van der Waals surface area (Å²) in [6, 6.07) is 46.0. The molecule has 5 heteroatoms. The average molecular weight is 519 g/mol. The molecular formula is C35H26N4O. The van der Waals surface area contributed by atoms with Crippen molar-refractivity contribution in [2.24, 2.45) is 9.98 Å². The van der Waals surface area contributed by atoms with E-state index in [2.05, 4.69) is 107 Å². The van der Waals surface area contributed by atoms with Crippen LogP contribution in [0.2, 0.25) is 0 Å². The summed E-state index contributed by atoms with van der Waals surface area (Å²) in [5, 5.41) is 3.55. The van der Waals surface area contributed by atoms with E-state index in [9.17, 15) is 0 Å². The molecule has 8 rings (SSSR count). The van der Waals surface area contributed by atoms with Gasteiger partial charge in [-0.1, -0.05) is 109 Å². The predicted octanol–water partition coefficient (Wildman–Crippen LogP) is 7.51. The molecule has 0 bridgehead atoms. The Bertz CT molecular complexity index is 1770. The van der Waals surface area contributed by atoms with Crippen molar-refractivity contribution in [1.29, 1.82) is 0 Å². The number of rotatable bonds is 4. The fourth-order valence-corrected chi connectivity index (χ4v) is 6.06. The largest absolute Gasteiger partial charge is 0.482 e. The molecule has 3 atom stereocenters. The van der Waals surface area contributed by atoms with E-state index in [0.717, 1.165) is 45.4 Å². The normalized spacial score (nSPS) is 20.4. The Balaban J connectivity index is 1.25.